The standard InChI is InChI=1S/C13H11FN4OS2/c1-7-12(21-13(15)16-7)20-6-10-17-11(19-18-10)8-2-4-9(14)5-3-8/h2-5H,6H2,1H3,(H2,15,16). The van der Waals surface area contributed by atoms with E-state index in [1.165, 1.54) is 23.5 Å². The minimum Gasteiger partial charge on any atom is -0.375 e. The minimum absolute atomic E-state index is 0.299. The maximum Gasteiger partial charge on any atom is 0.257 e. The highest BCUT2D eigenvalue weighted by Gasteiger charge is 2.11. The lowest BCUT2D eigenvalue weighted by molar-refractivity contribution is 0.425. The fraction of sp³-hybridized carbons (Fsp3) is 0.154. The number of nitrogens with two attached hydrogens (primary N) is 1. The van der Waals surface area contributed by atoms with E-state index in [-0.39, 0.29) is 5.82 Å². The molecule has 0 radical (unpaired) electrons. The van der Waals surface area contributed by atoms with Gasteiger partial charge in [-0.1, -0.05) is 16.5 Å². The molecule has 1 aromatic carbocycles. The Kier molecular flexibility index (Phi) is 3.89. The van der Waals surface area contributed by atoms with Crippen LogP contribution >= 0.6 is 23.1 Å². The van der Waals surface area contributed by atoms with Crippen molar-refractivity contribution in [3.05, 3.63) is 41.6 Å². The number of hydrogen-bond acceptors (Lipinski definition) is 7. The van der Waals surface area contributed by atoms with Crippen molar-refractivity contribution < 1.29 is 8.91 Å². The van der Waals surface area contributed by atoms with Crippen molar-refractivity contribution in [2.24, 2.45) is 0 Å². The summed E-state index contributed by atoms with van der Waals surface area (Å²) < 4.78 is 19.1. The Hall–Kier alpha value is -1.93. The van der Waals surface area contributed by atoms with E-state index in [9.17, 15) is 4.39 Å². The first-order valence-corrected chi connectivity index (χ1v) is 7.86. The molecule has 2 N–H and O–H groups in total. The maximum atomic E-state index is 12.9. The molecule has 21 heavy (non-hydrogen) atoms. The van der Waals surface area contributed by atoms with Crippen LogP contribution in [0.3, 0.4) is 0 Å². The van der Waals surface area contributed by atoms with Gasteiger partial charge in [-0.2, -0.15) is 4.98 Å². The van der Waals surface area contributed by atoms with E-state index in [0.717, 1.165) is 9.90 Å². The Morgan fingerprint density at radius 3 is 2.71 bits per heavy atom. The molecule has 108 valence electrons. The highest BCUT2D eigenvalue weighted by Crippen LogP contribution is 2.32. The van der Waals surface area contributed by atoms with Gasteiger partial charge in [-0.3, -0.25) is 0 Å². The predicted octanol–water partition coefficient (Wildman–Crippen LogP) is 3.52. The summed E-state index contributed by atoms with van der Waals surface area (Å²) in [4.78, 5) is 8.45. The van der Waals surface area contributed by atoms with Gasteiger partial charge in [0.05, 0.1) is 15.7 Å². The molecular formula is C13H11FN4OS2. The number of anilines is 1. The second-order valence-electron chi connectivity index (χ2n) is 4.24. The van der Waals surface area contributed by atoms with Crippen LogP contribution < -0.4 is 5.73 Å². The summed E-state index contributed by atoms with van der Waals surface area (Å²) in [5.41, 5.74) is 7.25. The zero-order valence-electron chi connectivity index (χ0n) is 11.0. The van der Waals surface area contributed by atoms with Crippen molar-refractivity contribution in [2.45, 2.75) is 16.9 Å². The summed E-state index contributed by atoms with van der Waals surface area (Å²) in [6.45, 7) is 1.91. The van der Waals surface area contributed by atoms with Crippen LogP contribution in [0.2, 0.25) is 0 Å². The lowest BCUT2D eigenvalue weighted by Crippen LogP contribution is -1.84. The average Bonchev–Trinajstić information content (AvgIpc) is 3.04. The molecule has 0 atom stereocenters. The molecule has 0 saturated carbocycles. The number of hydrogen-bond donors (Lipinski definition) is 1. The summed E-state index contributed by atoms with van der Waals surface area (Å²) in [5.74, 6) is 1.22. The highest BCUT2D eigenvalue weighted by atomic mass is 32.2. The van der Waals surface area contributed by atoms with Gasteiger partial charge in [0.2, 0.25) is 0 Å². The number of benzene rings is 1. The van der Waals surface area contributed by atoms with Gasteiger partial charge in [0.15, 0.2) is 11.0 Å². The Morgan fingerprint density at radius 2 is 2.05 bits per heavy atom. The Bertz CT molecular complexity index is 754. The van der Waals surface area contributed by atoms with Gasteiger partial charge in [0.1, 0.15) is 5.82 Å². The SMILES string of the molecule is Cc1nc(N)sc1SCc1noc(-c2ccc(F)cc2)n1. The van der Waals surface area contributed by atoms with E-state index in [1.807, 2.05) is 6.92 Å². The lowest BCUT2D eigenvalue weighted by atomic mass is 10.2. The number of rotatable bonds is 4. The molecule has 3 aromatic rings. The van der Waals surface area contributed by atoms with Crippen LogP contribution in [0.5, 0.6) is 0 Å². The third-order valence-corrected chi connectivity index (χ3v) is 5.01. The van der Waals surface area contributed by atoms with Crippen molar-refractivity contribution in [1.29, 1.82) is 0 Å². The van der Waals surface area contributed by atoms with Crippen LogP contribution in [0, 0.1) is 12.7 Å². The first-order chi connectivity index (χ1) is 10.1. The fourth-order valence-corrected chi connectivity index (χ4v) is 3.56. The second-order valence-corrected chi connectivity index (χ2v) is 6.51. The van der Waals surface area contributed by atoms with Crippen molar-refractivity contribution in [1.82, 2.24) is 15.1 Å². The molecular weight excluding hydrogens is 311 g/mol. The van der Waals surface area contributed by atoms with E-state index < -0.39 is 0 Å². The first kappa shape index (κ1) is 14.0. The molecule has 0 aliphatic heterocycles. The molecule has 0 amide bonds. The second kappa shape index (κ2) is 5.82. The van der Waals surface area contributed by atoms with Crippen molar-refractivity contribution in [2.75, 3.05) is 5.73 Å². The number of halogens is 1. The van der Waals surface area contributed by atoms with E-state index in [0.29, 0.717) is 28.2 Å². The number of thioether (sulfide) groups is 1. The molecule has 8 heteroatoms. The molecule has 5 nitrogen and oxygen atoms in total. The van der Waals surface area contributed by atoms with E-state index in [4.69, 9.17) is 10.3 Å². The van der Waals surface area contributed by atoms with Gasteiger partial charge in [0.25, 0.3) is 5.89 Å². The van der Waals surface area contributed by atoms with Crippen LogP contribution in [0.1, 0.15) is 11.5 Å². The third-order valence-electron chi connectivity index (χ3n) is 2.66. The normalized spacial score (nSPS) is 11.0. The fourth-order valence-electron chi connectivity index (χ4n) is 1.69. The summed E-state index contributed by atoms with van der Waals surface area (Å²) in [6.07, 6.45) is 0. The topological polar surface area (TPSA) is 77.8 Å². The largest absolute Gasteiger partial charge is 0.375 e. The summed E-state index contributed by atoms with van der Waals surface area (Å²) >= 11 is 3.00. The smallest absolute Gasteiger partial charge is 0.257 e. The number of nitrogens with zero attached hydrogens (tertiary/aromatic N) is 3. The molecule has 2 heterocycles. The maximum absolute atomic E-state index is 12.9. The quantitative estimate of drug-likeness (QED) is 0.741. The molecule has 3 rings (SSSR count). The van der Waals surface area contributed by atoms with Crippen molar-refractivity contribution >= 4 is 28.2 Å². The molecule has 0 bridgehead atoms. The van der Waals surface area contributed by atoms with Gasteiger partial charge in [-0.05, 0) is 31.2 Å². The molecule has 2 aromatic heterocycles. The monoisotopic (exact) mass is 322 g/mol. The molecule has 0 fully saturated rings. The van der Waals surface area contributed by atoms with Gasteiger partial charge < -0.3 is 10.3 Å². The first-order valence-electron chi connectivity index (χ1n) is 6.06. The van der Waals surface area contributed by atoms with Crippen LogP contribution in [-0.2, 0) is 5.75 Å². The van der Waals surface area contributed by atoms with Crippen molar-refractivity contribution in [3.63, 3.8) is 0 Å². The third kappa shape index (κ3) is 3.22. The Morgan fingerprint density at radius 1 is 1.29 bits per heavy atom. The molecule has 0 saturated heterocycles. The molecule has 0 spiro atoms. The van der Waals surface area contributed by atoms with Gasteiger partial charge >= 0.3 is 0 Å². The zero-order chi connectivity index (χ0) is 14.8. The van der Waals surface area contributed by atoms with Gasteiger partial charge in [0, 0.05) is 5.56 Å². The number of aryl methyl sites for hydroxylation is 1. The number of aromatic nitrogens is 3. The Labute approximate surface area is 128 Å². The van der Waals surface area contributed by atoms with E-state index >= 15 is 0 Å². The number of thiazole rings is 1. The van der Waals surface area contributed by atoms with E-state index in [2.05, 4.69) is 15.1 Å². The van der Waals surface area contributed by atoms with Crippen LogP contribution in [0.25, 0.3) is 11.5 Å². The summed E-state index contributed by atoms with van der Waals surface area (Å²) in [7, 11) is 0. The summed E-state index contributed by atoms with van der Waals surface area (Å²) in [5, 5.41) is 4.47. The molecule has 0 unspecified atom stereocenters. The average molecular weight is 322 g/mol. The van der Waals surface area contributed by atoms with Crippen molar-refractivity contribution in [3.8, 4) is 11.5 Å². The number of nitrogen functional groups attached to an aromatic ring is 1. The summed E-state index contributed by atoms with van der Waals surface area (Å²) in [6, 6.07) is 5.93. The van der Waals surface area contributed by atoms with E-state index in [1.54, 1.807) is 23.9 Å². The highest BCUT2D eigenvalue weighted by molar-refractivity contribution is 8.00. The van der Waals surface area contributed by atoms with Gasteiger partial charge in [-0.15, -0.1) is 11.8 Å². The van der Waals surface area contributed by atoms with Gasteiger partial charge in [-0.25, -0.2) is 9.37 Å². The van der Waals surface area contributed by atoms with Crippen LogP contribution in [0.15, 0.2) is 33.0 Å². The van der Waals surface area contributed by atoms with Crippen LogP contribution in [0.4, 0.5) is 9.52 Å². The predicted molar refractivity (Wildman–Crippen MR) is 80.5 cm³/mol. The zero-order valence-corrected chi connectivity index (χ0v) is 12.7. The molecule has 0 aliphatic rings. The molecule has 0 aliphatic carbocycles. The Balaban J connectivity index is 1.70. The lowest BCUT2D eigenvalue weighted by Gasteiger charge is -1.94. The van der Waals surface area contributed by atoms with Crippen LogP contribution in [-0.4, -0.2) is 15.1 Å². The minimum atomic E-state index is -0.299.